The van der Waals surface area contributed by atoms with Crippen LogP contribution in [0.25, 0.3) is 0 Å². The second-order valence-corrected chi connectivity index (χ2v) is 3.90. The van der Waals surface area contributed by atoms with E-state index >= 15 is 0 Å². The van der Waals surface area contributed by atoms with Crippen molar-refractivity contribution in [2.24, 2.45) is 5.41 Å². The number of amides is 1. The van der Waals surface area contributed by atoms with E-state index in [0.717, 1.165) is 0 Å². The average molecular weight is 223 g/mol. The summed E-state index contributed by atoms with van der Waals surface area (Å²) in [6.07, 6.45) is 0. The maximum absolute atomic E-state index is 11.6. The van der Waals surface area contributed by atoms with E-state index < -0.39 is 17.3 Å². The van der Waals surface area contributed by atoms with Gasteiger partial charge in [-0.25, -0.2) is 0 Å². The Morgan fingerprint density at radius 2 is 1.81 bits per heavy atom. The van der Waals surface area contributed by atoms with Crippen molar-refractivity contribution in [3.8, 4) is 5.75 Å². The van der Waals surface area contributed by atoms with Gasteiger partial charge in [0.1, 0.15) is 11.2 Å². The second-order valence-electron chi connectivity index (χ2n) is 3.90. The summed E-state index contributed by atoms with van der Waals surface area (Å²) in [5.41, 5.74) is -1.34. The van der Waals surface area contributed by atoms with Gasteiger partial charge in [-0.1, -0.05) is 12.1 Å². The molecule has 86 valence electrons. The molecule has 3 N–H and O–H groups in total. The van der Waals surface area contributed by atoms with E-state index in [4.69, 9.17) is 5.11 Å². The van der Waals surface area contributed by atoms with Crippen LogP contribution in [0, 0.1) is 5.41 Å². The van der Waals surface area contributed by atoms with Crippen LogP contribution in [0.1, 0.15) is 13.8 Å². The number of benzene rings is 1. The molecule has 0 spiro atoms. The third-order valence-electron chi connectivity index (χ3n) is 2.25. The summed E-state index contributed by atoms with van der Waals surface area (Å²) < 4.78 is 0. The fraction of sp³-hybridized carbons (Fsp3) is 0.273. The molecule has 0 unspecified atom stereocenters. The fourth-order valence-corrected chi connectivity index (χ4v) is 0.955. The molecule has 0 saturated carbocycles. The highest BCUT2D eigenvalue weighted by atomic mass is 16.4. The predicted octanol–water partition coefficient (Wildman–Crippen LogP) is 1.44. The first-order valence-corrected chi connectivity index (χ1v) is 4.68. The lowest BCUT2D eigenvalue weighted by Gasteiger charge is -2.18. The third kappa shape index (κ3) is 2.31. The quantitative estimate of drug-likeness (QED) is 0.534. The highest BCUT2D eigenvalue weighted by Gasteiger charge is 2.36. The van der Waals surface area contributed by atoms with Crippen LogP contribution in [-0.2, 0) is 9.59 Å². The number of hydrogen-bond acceptors (Lipinski definition) is 3. The maximum Gasteiger partial charge on any atom is 0.318 e. The number of carbonyl (C=O) groups excluding carboxylic acids is 1. The van der Waals surface area contributed by atoms with Gasteiger partial charge < -0.3 is 15.5 Å². The lowest BCUT2D eigenvalue weighted by molar-refractivity contribution is -0.151. The van der Waals surface area contributed by atoms with Crippen LogP contribution in [0.4, 0.5) is 5.69 Å². The number of rotatable bonds is 3. The number of carbonyl (C=O) groups is 2. The van der Waals surface area contributed by atoms with Gasteiger partial charge in [0, 0.05) is 0 Å². The Morgan fingerprint density at radius 1 is 1.25 bits per heavy atom. The zero-order chi connectivity index (χ0) is 12.3. The van der Waals surface area contributed by atoms with Crippen molar-refractivity contribution in [2.75, 3.05) is 5.32 Å². The number of aromatic hydroxyl groups is 1. The summed E-state index contributed by atoms with van der Waals surface area (Å²) in [6, 6.07) is 6.13. The van der Waals surface area contributed by atoms with E-state index in [1.54, 1.807) is 12.1 Å². The number of nitrogens with one attached hydrogen (secondary N) is 1. The number of hydrogen-bond donors (Lipinski definition) is 3. The van der Waals surface area contributed by atoms with Crippen molar-refractivity contribution < 1.29 is 19.8 Å². The van der Waals surface area contributed by atoms with E-state index in [0.29, 0.717) is 0 Å². The number of aliphatic carboxylic acids is 1. The number of phenols is 1. The standard InChI is InChI=1S/C11H13NO4/c1-11(2,10(15)16)9(14)12-7-5-3-4-6-8(7)13/h3-6,13H,1-2H3,(H,12,14)(H,15,16). The first-order valence-electron chi connectivity index (χ1n) is 4.68. The van der Waals surface area contributed by atoms with Gasteiger partial charge in [0.05, 0.1) is 5.69 Å². The van der Waals surface area contributed by atoms with Crippen LogP contribution in [0.2, 0.25) is 0 Å². The molecule has 1 amide bonds. The van der Waals surface area contributed by atoms with Crippen LogP contribution in [0.15, 0.2) is 24.3 Å². The molecule has 0 aromatic heterocycles. The van der Waals surface area contributed by atoms with Gasteiger partial charge >= 0.3 is 5.97 Å². The Kier molecular flexibility index (Phi) is 3.17. The summed E-state index contributed by atoms with van der Waals surface area (Å²) >= 11 is 0. The smallest absolute Gasteiger partial charge is 0.318 e. The van der Waals surface area contributed by atoms with Crippen LogP contribution in [0.3, 0.4) is 0 Å². The molecule has 1 aromatic carbocycles. The van der Waals surface area contributed by atoms with Gasteiger partial charge in [0.25, 0.3) is 0 Å². The lowest BCUT2D eigenvalue weighted by Crippen LogP contribution is -2.37. The third-order valence-corrected chi connectivity index (χ3v) is 2.25. The minimum Gasteiger partial charge on any atom is -0.506 e. The molecule has 0 radical (unpaired) electrons. The SMILES string of the molecule is CC(C)(C(=O)O)C(=O)Nc1ccccc1O. The number of para-hydroxylation sites is 2. The molecule has 16 heavy (non-hydrogen) atoms. The van der Waals surface area contributed by atoms with E-state index in [1.807, 2.05) is 0 Å². The van der Waals surface area contributed by atoms with Crippen molar-refractivity contribution in [1.82, 2.24) is 0 Å². The van der Waals surface area contributed by atoms with E-state index in [2.05, 4.69) is 5.32 Å². The maximum atomic E-state index is 11.6. The minimum absolute atomic E-state index is 0.1000. The largest absolute Gasteiger partial charge is 0.506 e. The topological polar surface area (TPSA) is 86.6 Å². The molecule has 5 nitrogen and oxygen atoms in total. The van der Waals surface area contributed by atoms with Crippen molar-refractivity contribution in [2.45, 2.75) is 13.8 Å². The highest BCUT2D eigenvalue weighted by molar-refractivity contribution is 6.08. The van der Waals surface area contributed by atoms with Gasteiger partial charge in [0.15, 0.2) is 0 Å². The van der Waals surface area contributed by atoms with Crippen molar-refractivity contribution in [1.29, 1.82) is 0 Å². The van der Waals surface area contributed by atoms with Gasteiger partial charge in [-0.2, -0.15) is 0 Å². The normalized spacial score (nSPS) is 10.9. The number of anilines is 1. The Hall–Kier alpha value is -2.04. The number of carboxylic acid groups (broad SMARTS) is 1. The Balaban J connectivity index is 2.88. The monoisotopic (exact) mass is 223 g/mol. The average Bonchev–Trinajstić information content (AvgIpc) is 2.21. The summed E-state index contributed by atoms with van der Waals surface area (Å²) in [4.78, 5) is 22.4. The van der Waals surface area contributed by atoms with E-state index in [9.17, 15) is 14.7 Å². The summed E-state index contributed by atoms with van der Waals surface area (Å²) in [5, 5.41) is 20.6. The van der Waals surface area contributed by atoms with Crippen LogP contribution >= 0.6 is 0 Å². The Bertz CT molecular complexity index is 426. The molecule has 5 heteroatoms. The van der Waals surface area contributed by atoms with Crippen molar-refractivity contribution in [3.63, 3.8) is 0 Å². The highest BCUT2D eigenvalue weighted by Crippen LogP contribution is 2.25. The molecule has 0 fully saturated rings. The summed E-state index contributed by atoms with van der Waals surface area (Å²) in [7, 11) is 0. The molecule has 1 rings (SSSR count). The Labute approximate surface area is 92.7 Å². The van der Waals surface area contributed by atoms with Gasteiger partial charge in [0.2, 0.25) is 5.91 Å². The molecule has 0 aliphatic heterocycles. The molecule has 0 bridgehead atoms. The molecule has 0 aliphatic rings. The first kappa shape index (κ1) is 12.0. The second kappa shape index (κ2) is 4.22. The van der Waals surface area contributed by atoms with Crippen LogP contribution in [0.5, 0.6) is 5.75 Å². The molecular weight excluding hydrogens is 210 g/mol. The molecule has 1 aromatic rings. The van der Waals surface area contributed by atoms with E-state index in [1.165, 1.54) is 26.0 Å². The predicted molar refractivity (Wildman–Crippen MR) is 58.2 cm³/mol. The van der Waals surface area contributed by atoms with Crippen molar-refractivity contribution in [3.05, 3.63) is 24.3 Å². The van der Waals surface area contributed by atoms with Crippen LogP contribution < -0.4 is 5.32 Å². The first-order chi connectivity index (χ1) is 7.35. The minimum atomic E-state index is -1.54. The molecule has 0 heterocycles. The molecule has 0 atom stereocenters. The molecular formula is C11H13NO4. The van der Waals surface area contributed by atoms with Gasteiger partial charge in [-0.05, 0) is 26.0 Å². The molecule has 0 aliphatic carbocycles. The zero-order valence-electron chi connectivity index (χ0n) is 9.02. The number of carboxylic acids is 1. The number of phenolic OH excluding ortho intramolecular Hbond substituents is 1. The summed E-state index contributed by atoms with van der Waals surface area (Å²) in [6.45, 7) is 2.59. The van der Waals surface area contributed by atoms with Gasteiger partial charge in [-0.3, -0.25) is 9.59 Å². The summed E-state index contributed by atoms with van der Waals surface area (Å²) in [5.74, 6) is -2.00. The molecule has 0 saturated heterocycles. The lowest BCUT2D eigenvalue weighted by atomic mass is 9.92. The van der Waals surface area contributed by atoms with Crippen LogP contribution in [-0.4, -0.2) is 22.1 Å². The fourth-order valence-electron chi connectivity index (χ4n) is 0.955. The Morgan fingerprint density at radius 3 is 2.31 bits per heavy atom. The van der Waals surface area contributed by atoms with Crippen molar-refractivity contribution >= 4 is 17.6 Å². The van der Waals surface area contributed by atoms with E-state index in [-0.39, 0.29) is 11.4 Å². The van der Waals surface area contributed by atoms with Gasteiger partial charge in [-0.15, -0.1) is 0 Å². The zero-order valence-corrected chi connectivity index (χ0v) is 9.02.